The average molecular weight is 415 g/mol. The maximum atomic E-state index is 12.7. The van der Waals surface area contributed by atoms with Gasteiger partial charge in [0.2, 0.25) is 0 Å². The second kappa shape index (κ2) is 6.98. The maximum absolute atomic E-state index is 12.7. The van der Waals surface area contributed by atoms with Gasteiger partial charge in [0.05, 0.1) is 17.6 Å². The third-order valence-corrected chi connectivity index (χ3v) is 5.13. The number of nitrogens with zero attached hydrogens (tertiary/aromatic N) is 2. The molecule has 126 valence electrons. The number of benzene rings is 1. The molecule has 1 aliphatic heterocycles. The van der Waals surface area contributed by atoms with Crippen LogP contribution in [0.2, 0.25) is 0 Å². The second-order valence-electron chi connectivity index (χ2n) is 4.94. The van der Waals surface area contributed by atoms with Crippen molar-refractivity contribution in [1.29, 1.82) is 0 Å². The van der Waals surface area contributed by atoms with Crippen molar-refractivity contribution >= 4 is 29.4 Å². The lowest BCUT2D eigenvalue weighted by atomic mass is 10.1. The second-order valence-corrected chi connectivity index (χ2v) is 7.40. The molecule has 10 heteroatoms. The van der Waals surface area contributed by atoms with Crippen LogP contribution in [0.4, 0.5) is 5.69 Å². The van der Waals surface area contributed by atoms with Crippen LogP contribution in [-0.4, -0.2) is 16.5 Å². The summed E-state index contributed by atoms with van der Waals surface area (Å²) in [6, 6.07) is 7.01. The minimum atomic E-state index is -3.82. The molecule has 0 amide bonds. The summed E-state index contributed by atoms with van der Waals surface area (Å²) in [5, 5.41) is 10.6. The molecule has 2 unspecified atom stereocenters. The van der Waals surface area contributed by atoms with Gasteiger partial charge in [-0.15, -0.1) is 0 Å². The Labute approximate surface area is 145 Å². The monoisotopic (exact) mass is 414 g/mol. The van der Waals surface area contributed by atoms with Gasteiger partial charge in [0, 0.05) is 41.0 Å². The van der Waals surface area contributed by atoms with Crippen molar-refractivity contribution in [2.24, 2.45) is 0 Å². The first kappa shape index (κ1) is 17.0. The van der Waals surface area contributed by atoms with E-state index in [1.54, 1.807) is 12.4 Å². The van der Waals surface area contributed by atoms with Crippen LogP contribution in [0.3, 0.4) is 0 Å². The Kier molecular flexibility index (Phi) is 4.96. The van der Waals surface area contributed by atoms with Crippen LogP contribution in [0, 0.1) is 10.1 Å². The molecular weight excluding hydrogens is 403 g/mol. The van der Waals surface area contributed by atoms with Gasteiger partial charge < -0.3 is 4.52 Å². The van der Waals surface area contributed by atoms with Gasteiger partial charge in [0.25, 0.3) is 5.69 Å². The van der Waals surface area contributed by atoms with Gasteiger partial charge in [0.1, 0.15) is 5.75 Å². The van der Waals surface area contributed by atoms with Crippen molar-refractivity contribution < 1.29 is 23.1 Å². The van der Waals surface area contributed by atoms with E-state index in [1.807, 2.05) is 6.07 Å². The number of pyridine rings is 1. The van der Waals surface area contributed by atoms with E-state index in [-0.39, 0.29) is 18.0 Å². The summed E-state index contributed by atoms with van der Waals surface area (Å²) in [5.74, 6) is 0.164. The molecule has 2 aromatic rings. The lowest BCUT2D eigenvalue weighted by molar-refractivity contribution is -0.384. The predicted octanol–water partition coefficient (Wildman–Crippen LogP) is 4.42. The van der Waals surface area contributed by atoms with E-state index in [0.29, 0.717) is 6.42 Å². The Bertz CT molecular complexity index is 800. The summed E-state index contributed by atoms with van der Waals surface area (Å²) in [6.07, 6.45) is 3.28. The van der Waals surface area contributed by atoms with Crippen molar-refractivity contribution in [1.82, 2.24) is 4.98 Å². The van der Waals surface area contributed by atoms with Crippen LogP contribution < -0.4 is 4.52 Å². The molecule has 0 saturated carbocycles. The molecule has 0 bridgehead atoms. The highest BCUT2D eigenvalue weighted by atomic mass is 79.9. The fourth-order valence-corrected chi connectivity index (χ4v) is 3.93. The third kappa shape index (κ3) is 3.99. The first-order chi connectivity index (χ1) is 11.5. The van der Waals surface area contributed by atoms with E-state index >= 15 is 0 Å². The van der Waals surface area contributed by atoms with Gasteiger partial charge >= 0.3 is 7.82 Å². The maximum Gasteiger partial charge on any atom is 0.530 e. The molecule has 1 aliphatic rings. The molecule has 0 spiro atoms. The molecule has 0 aliphatic carbocycles. The van der Waals surface area contributed by atoms with E-state index in [9.17, 15) is 14.7 Å². The third-order valence-electron chi connectivity index (χ3n) is 3.25. The summed E-state index contributed by atoms with van der Waals surface area (Å²) in [4.78, 5) is 14.2. The smallest absolute Gasteiger partial charge is 0.404 e. The van der Waals surface area contributed by atoms with Gasteiger partial charge in [0.15, 0.2) is 0 Å². The molecule has 2 atom stereocenters. The molecular formula is C14H12BrN2O6P. The Balaban J connectivity index is 1.75. The Morgan fingerprint density at radius 3 is 2.75 bits per heavy atom. The summed E-state index contributed by atoms with van der Waals surface area (Å²) in [5.41, 5.74) is 0.657. The lowest BCUT2D eigenvalue weighted by Gasteiger charge is -2.28. The first-order valence-corrected chi connectivity index (χ1v) is 9.18. The van der Waals surface area contributed by atoms with Gasteiger partial charge in [-0.2, -0.15) is 0 Å². The van der Waals surface area contributed by atoms with E-state index in [4.69, 9.17) is 13.6 Å². The van der Waals surface area contributed by atoms with Gasteiger partial charge in [-0.25, -0.2) is 4.57 Å². The van der Waals surface area contributed by atoms with Crippen LogP contribution in [0.15, 0.2) is 47.2 Å². The predicted molar refractivity (Wildman–Crippen MR) is 87.7 cm³/mol. The Morgan fingerprint density at radius 1 is 1.33 bits per heavy atom. The van der Waals surface area contributed by atoms with Crippen molar-refractivity contribution in [3.63, 3.8) is 0 Å². The highest BCUT2D eigenvalue weighted by molar-refractivity contribution is 9.10. The molecule has 0 radical (unpaired) electrons. The average Bonchev–Trinajstić information content (AvgIpc) is 2.55. The number of aromatic nitrogens is 1. The van der Waals surface area contributed by atoms with Crippen molar-refractivity contribution in [2.45, 2.75) is 12.5 Å². The number of non-ortho nitro benzene ring substituents is 1. The molecule has 0 N–H and O–H groups in total. The lowest BCUT2D eigenvalue weighted by Crippen LogP contribution is -2.16. The van der Waals surface area contributed by atoms with Gasteiger partial charge in [-0.1, -0.05) is 0 Å². The molecule has 3 rings (SSSR count). The molecule has 1 aromatic heterocycles. The number of hydrogen-bond donors (Lipinski definition) is 0. The van der Waals surface area contributed by atoms with Crippen molar-refractivity contribution in [3.05, 3.63) is 62.9 Å². The summed E-state index contributed by atoms with van der Waals surface area (Å²) in [6.45, 7) is 0.196. The zero-order valence-corrected chi connectivity index (χ0v) is 14.7. The van der Waals surface area contributed by atoms with Crippen LogP contribution >= 0.6 is 23.8 Å². The fraction of sp³-hybridized carbons (Fsp3) is 0.214. The number of nitro benzene ring substituents is 1. The van der Waals surface area contributed by atoms with Crippen LogP contribution in [0.1, 0.15) is 18.1 Å². The highest BCUT2D eigenvalue weighted by Crippen LogP contribution is 2.56. The zero-order chi connectivity index (χ0) is 17.2. The largest absolute Gasteiger partial charge is 0.530 e. The van der Waals surface area contributed by atoms with E-state index < -0.39 is 18.8 Å². The summed E-state index contributed by atoms with van der Waals surface area (Å²) >= 11 is 3.32. The minimum Gasteiger partial charge on any atom is -0.404 e. The Morgan fingerprint density at radius 2 is 2.08 bits per heavy atom. The van der Waals surface area contributed by atoms with E-state index in [2.05, 4.69) is 20.9 Å². The first-order valence-electron chi connectivity index (χ1n) is 6.93. The number of phosphoric ester groups is 1. The normalized spacial score (nSPS) is 23.6. The van der Waals surface area contributed by atoms with Gasteiger partial charge in [-0.3, -0.25) is 24.1 Å². The zero-order valence-electron chi connectivity index (χ0n) is 12.2. The van der Waals surface area contributed by atoms with Crippen LogP contribution in [0.25, 0.3) is 0 Å². The molecule has 1 aromatic carbocycles. The standard InChI is InChI=1S/C14H12BrN2O6P/c15-11-7-10(8-16-9-11)14-5-6-21-24(20,23-14)22-13-3-1-12(2-4-13)17(18)19/h1-4,7-9,14H,5-6H2. The molecule has 1 fully saturated rings. The minimum absolute atomic E-state index is 0.0933. The quantitative estimate of drug-likeness (QED) is 0.414. The van der Waals surface area contributed by atoms with Crippen molar-refractivity contribution in [2.75, 3.05) is 6.61 Å². The summed E-state index contributed by atoms with van der Waals surface area (Å²) < 4.78 is 29.4. The number of nitro groups is 1. The SMILES string of the molecule is O=[N+]([O-])c1ccc(OP2(=O)OCCC(c3cncc(Br)c3)O2)cc1. The molecule has 24 heavy (non-hydrogen) atoms. The number of rotatable bonds is 4. The topological polar surface area (TPSA) is 101 Å². The number of hydrogen-bond acceptors (Lipinski definition) is 7. The summed E-state index contributed by atoms with van der Waals surface area (Å²) in [7, 11) is -3.82. The number of phosphoric acid groups is 1. The molecule has 1 saturated heterocycles. The fourth-order valence-electron chi connectivity index (χ4n) is 2.15. The molecule has 2 heterocycles. The van der Waals surface area contributed by atoms with Crippen LogP contribution in [0.5, 0.6) is 5.75 Å². The highest BCUT2D eigenvalue weighted by Gasteiger charge is 2.37. The van der Waals surface area contributed by atoms with Crippen molar-refractivity contribution in [3.8, 4) is 5.75 Å². The molecule has 8 nitrogen and oxygen atoms in total. The van der Waals surface area contributed by atoms with Gasteiger partial charge in [-0.05, 0) is 34.1 Å². The Hall–Kier alpha value is -1.80. The van der Waals surface area contributed by atoms with Crippen LogP contribution in [-0.2, 0) is 13.6 Å². The van der Waals surface area contributed by atoms with E-state index in [0.717, 1.165) is 10.0 Å². The number of halogens is 1. The van der Waals surface area contributed by atoms with E-state index in [1.165, 1.54) is 24.3 Å².